The van der Waals surface area contributed by atoms with Gasteiger partial charge >= 0.3 is 0 Å². The largest absolute Gasteiger partial charge is 0.417 e. The highest BCUT2D eigenvalue weighted by molar-refractivity contribution is 6.74. The van der Waals surface area contributed by atoms with Gasteiger partial charge in [0, 0.05) is 6.61 Å². The molecular formula is C14H33NOSi. The fourth-order valence-corrected chi connectivity index (χ4v) is 2.58. The minimum atomic E-state index is -1.50. The Bertz CT molecular complexity index is 187. The Labute approximate surface area is 109 Å². The SMILES string of the molecule is CC(C)(C)[Si](C)(C)OCCCCCCCCN. The summed E-state index contributed by atoms with van der Waals surface area (Å²) in [5, 5.41) is 0.341. The Balaban J connectivity index is 3.46. The van der Waals surface area contributed by atoms with Crippen molar-refractivity contribution in [1.29, 1.82) is 0 Å². The normalized spacial score (nSPS) is 13.1. The van der Waals surface area contributed by atoms with Crippen LogP contribution in [0.2, 0.25) is 18.1 Å². The third-order valence-corrected chi connectivity index (χ3v) is 8.41. The Hall–Kier alpha value is 0.137. The fraction of sp³-hybridized carbons (Fsp3) is 1.00. The van der Waals surface area contributed by atoms with E-state index in [0.29, 0.717) is 5.04 Å². The van der Waals surface area contributed by atoms with E-state index in [9.17, 15) is 0 Å². The molecule has 0 radical (unpaired) electrons. The molecule has 17 heavy (non-hydrogen) atoms. The van der Waals surface area contributed by atoms with Gasteiger partial charge < -0.3 is 10.2 Å². The summed E-state index contributed by atoms with van der Waals surface area (Å²) in [7, 11) is -1.50. The fourth-order valence-electron chi connectivity index (χ4n) is 1.50. The summed E-state index contributed by atoms with van der Waals surface area (Å²) in [4.78, 5) is 0. The molecule has 0 amide bonds. The molecule has 3 heteroatoms. The monoisotopic (exact) mass is 259 g/mol. The molecule has 0 aromatic carbocycles. The van der Waals surface area contributed by atoms with Gasteiger partial charge in [-0.15, -0.1) is 0 Å². The summed E-state index contributed by atoms with van der Waals surface area (Å²) in [6, 6.07) is 0. The molecule has 0 aromatic rings. The molecule has 0 saturated heterocycles. The first-order valence-corrected chi connectivity index (χ1v) is 10.1. The molecular weight excluding hydrogens is 226 g/mol. The van der Waals surface area contributed by atoms with E-state index in [0.717, 1.165) is 13.2 Å². The van der Waals surface area contributed by atoms with Crippen LogP contribution in [0.5, 0.6) is 0 Å². The van der Waals surface area contributed by atoms with Crippen LogP contribution in [0.4, 0.5) is 0 Å². The van der Waals surface area contributed by atoms with Crippen LogP contribution in [0.1, 0.15) is 59.3 Å². The molecule has 0 fully saturated rings. The first kappa shape index (κ1) is 17.1. The third kappa shape index (κ3) is 7.95. The maximum absolute atomic E-state index is 6.14. The zero-order valence-electron chi connectivity index (χ0n) is 12.6. The van der Waals surface area contributed by atoms with Gasteiger partial charge in [0.05, 0.1) is 0 Å². The molecule has 0 aliphatic carbocycles. The topological polar surface area (TPSA) is 35.2 Å². The molecule has 0 aliphatic rings. The highest BCUT2D eigenvalue weighted by atomic mass is 28.4. The van der Waals surface area contributed by atoms with E-state index >= 15 is 0 Å². The Morgan fingerprint density at radius 3 is 1.82 bits per heavy atom. The van der Waals surface area contributed by atoms with E-state index < -0.39 is 8.32 Å². The van der Waals surface area contributed by atoms with Crippen molar-refractivity contribution >= 4 is 8.32 Å². The molecule has 0 saturated carbocycles. The lowest BCUT2D eigenvalue weighted by Crippen LogP contribution is -2.40. The van der Waals surface area contributed by atoms with Gasteiger partial charge in [-0.05, 0) is 37.5 Å². The van der Waals surface area contributed by atoms with Crippen molar-refractivity contribution in [3.05, 3.63) is 0 Å². The van der Waals surface area contributed by atoms with Crippen LogP contribution in [0, 0.1) is 0 Å². The highest BCUT2D eigenvalue weighted by Crippen LogP contribution is 2.36. The van der Waals surface area contributed by atoms with Crippen molar-refractivity contribution in [3.63, 3.8) is 0 Å². The molecule has 2 N–H and O–H groups in total. The second-order valence-electron chi connectivity index (χ2n) is 6.52. The van der Waals surface area contributed by atoms with E-state index in [2.05, 4.69) is 33.9 Å². The van der Waals surface area contributed by atoms with Gasteiger partial charge in [0.25, 0.3) is 0 Å². The van der Waals surface area contributed by atoms with E-state index in [1.54, 1.807) is 0 Å². The quantitative estimate of drug-likeness (QED) is 0.495. The van der Waals surface area contributed by atoms with Crippen molar-refractivity contribution in [2.45, 2.75) is 77.4 Å². The van der Waals surface area contributed by atoms with Crippen LogP contribution in [0.15, 0.2) is 0 Å². The lowest BCUT2D eigenvalue weighted by Gasteiger charge is -2.36. The predicted molar refractivity (Wildman–Crippen MR) is 79.9 cm³/mol. The first-order chi connectivity index (χ1) is 7.81. The summed E-state index contributed by atoms with van der Waals surface area (Å²) in [6.07, 6.45) is 7.66. The molecule has 0 atom stereocenters. The number of nitrogens with two attached hydrogens (primary N) is 1. The maximum atomic E-state index is 6.14. The number of unbranched alkanes of at least 4 members (excludes halogenated alkanes) is 5. The van der Waals surface area contributed by atoms with E-state index in [1.807, 2.05) is 0 Å². The Morgan fingerprint density at radius 2 is 1.35 bits per heavy atom. The van der Waals surface area contributed by atoms with Gasteiger partial charge in [-0.25, -0.2) is 0 Å². The van der Waals surface area contributed by atoms with Crippen LogP contribution in [-0.2, 0) is 4.43 Å². The van der Waals surface area contributed by atoms with Crippen molar-refractivity contribution in [2.24, 2.45) is 5.73 Å². The Morgan fingerprint density at radius 1 is 0.882 bits per heavy atom. The summed E-state index contributed by atoms with van der Waals surface area (Å²) in [5.74, 6) is 0. The molecule has 0 heterocycles. The molecule has 2 nitrogen and oxygen atoms in total. The van der Waals surface area contributed by atoms with Crippen molar-refractivity contribution in [3.8, 4) is 0 Å². The lowest BCUT2D eigenvalue weighted by molar-refractivity contribution is 0.277. The number of hydrogen-bond acceptors (Lipinski definition) is 2. The minimum Gasteiger partial charge on any atom is -0.417 e. The van der Waals surface area contributed by atoms with Crippen LogP contribution >= 0.6 is 0 Å². The first-order valence-electron chi connectivity index (χ1n) is 7.15. The molecule has 0 aliphatic heterocycles. The summed E-state index contributed by atoms with van der Waals surface area (Å²) >= 11 is 0. The van der Waals surface area contributed by atoms with Gasteiger partial charge in [0.15, 0.2) is 8.32 Å². The average molecular weight is 260 g/mol. The number of hydrogen-bond donors (Lipinski definition) is 1. The molecule has 0 rings (SSSR count). The van der Waals surface area contributed by atoms with Gasteiger partial charge in [-0.3, -0.25) is 0 Å². The van der Waals surface area contributed by atoms with Crippen molar-refractivity contribution in [1.82, 2.24) is 0 Å². The van der Waals surface area contributed by atoms with E-state index in [1.165, 1.54) is 38.5 Å². The van der Waals surface area contributed by atoms with Gasteiger partial charge in [0.1, 0.15) is 0 Å². The lowest BCUT2D eigenvalue weighted by atomic mass is 10.1. The second kappa shape index (κ2) is 8.28. The molecule has 0 spiro atoms. The van der Waals surface area contributed by atoms with Crippen molar-refractivity contribution < 1.29 is 4.43 Å². The standard InChI is InChI=1S/C14H33NOSi/c1-14(2,3)17(4,5)16-13-11-9-7-6-8-10-12-15/h6-13,15H2,1-5H3. The van der Waals surface area contributed by atoms with E-state index in [4.69, 9.17) is 10.2 Å². The summed E-state index contributed by atoms with van der Waals surface area (Å²) in [5.41, 5.74) is 5.46. The van der Waals surface area contributed by atoms with Crippen LogP contribution < -0.4 is 5.73 Å². The zero-order valence-corrected chi connectivity index (χ0v) is 13.6. The predicted octanol–water partition coefficient (Wildman–Crippen LogP) is 4.31. The summed E-state index contributed by atoms with van der Waals surface area (Å²) < 4.78 is 6.14. The van der Waals surface area contributed by atoms with Crippen LogP contribution in [0.25, 0.3) is 0 Å². The minimum absolute atomic E-state index is 0.341. The number of rotatable bonds is 9. The van der Waals surface area contributed by atoms with Gasteiger partial charge in [-0.1, -0.05) is 46.5 Å². The molecule has 0 unspecified atom stereocenters. The highest BCUT2D eigenvalue weighted by Gasteiger charge is 2.36. The van der Waals surface area contributed by atoms with Gasteiger partial charge in [0.2, 0.25) is 0 Å². The van der Waals surface area contributed by atoms with E-state index in [-0.39, 0.29) is 0 Å². The zero-order chi connectivity index (χ0) is 13.4. The third-order valence-electron chi connectivity index (χ3n) is 3.87. The molecule has 104 valence electrons. The molecule has 0 aromatic heterocycles. The molecule has 0 bridgehead atoms. The van der Waals surface area contributed by atoms with Crippen LogP contribution in [0.3, 0.4) is 0 Å². The smallest absolute Gasteiger partial charge is 0.191 e. The Kier molecular flexibility index (Phi) is 8.34. The van der Waals surface area contributed by atoms with Crippen LogP contribution in [-0.4, -0.2) is 21.5 Å². The van der Waals surface area contributed by atoms with Gasteiger partial charge in [-0.2, -0.15) is 0 Å². The maximum Gasteiger partial charge on any atom is 0.191 e. The second-order valence-corrected chi connectivity index (χ2v) is 11.3. The average Bonchev–Trinajstić information content (AvgIpc) is 2.20. The van der Waals surface area contributed by atoms with Crippen molar-refractivity contribution in [2.75, 3.05) is 13.2 Å². The summed E-state index contributed by atoms with van der Waals surface area (Å²) in [6.45, 7) is 13.3.